The first-order valence-corrected chi connectivity index (χ1v) is 29.6. The Bertz CT molecular complexity index is 4480. The second kappa shape index (κ2) is 20.4. The van der Waals surface area contributed by atoms with E-state index in [-0.39, 0.29) is 51.4 Å². The monoisotopic (exact) mass is 1180 g/mol. The van der Waals surface area contributed by atoms with Gasteiger partial charge in [0.2, 0.25) is 0 Å². The molecule has 1 saturated heterocycles. The van der Waals surface area contributed by atoms with Crippen LogP contribution < -0.4 is 5.46 Å². The van der Waals surface area contributed by atoms with Crippen LogP contribution >= 0.6 is 15.9 Å². The van der Waals surface area contributed by atoms with Crippen LogP contribution in [0.4, 0.5) is 17.6 Å². The van der Waals surface area contributed by atoms with Gasteiger partial charge >= 0.3 is 7.12 Å². The average molecular weight is 1180 g/mol. The van der Waals surface area contributed by atoms with E-state index < -0.39 is 29.1 Å². The molecule has 0 N–H and O–H groups in total. The van der Waals surface area contributed by atoms with Gasteiger partial charge < -0.3 is 9.31 Å². The lowest BCUT2D eigenvalue weighted by Crippen LogP contribution is -2.41. The predicted molar refractivity (Wildman–Crippen MR) is 347 cm³/mol. The van der Waals surface area contributed by atoms with E-state index in [1.807, 2.05) is 30.3 Å². The van der Waals surface area contributed by atoms with E-state index in [0.717, 1.165) is 68.2 Å². The number of ketones is 1. The van der Waals surface area contributed by atoms with Gasteiger partial charge in [-0.1, -0.05) is 187 Å². The van der Waals surface area contributed by atoms with Crippen LogP contribution in [0.1, 0.15) is 134 Å². The number of aryl methyl sites for hydroxylation is 1. The molecule has 0 bridgehead atoms. The molecule has 11 aromatic rings. The molecule has 422 valence electrons. The summed E-state index contributed by atoms with van der Waals surface area (Å²) in [6.07, 6.45) is 0. The van der Waals surface area contributed by atoms with Crippen molar-refractivity contribution in [1.29, 1.82) is 0 Å². The quantitative estimate of drug-likeness (QED) is 0.0762. The molecule has 3 aliphatic rings. The summed E-state index contributed by atoms with van der Waals surface area (Å²) in [6, 6.07) is 49.2. The summed E-state index contributed by atoms with van der Waals surface area (Å²) in [5.41, 5.74) is 9.21. The SMILES string of the molecule is CC(C)c1ccc2c3ccc(B4OC(C)(C)C(C)(C)O4)c4cccc(c5cccc1c52)c43.Cc1cc(C(C)(C)C)cc2cc(C(C)(C)C)ccc12.O=C1C(c2cc(F)cc(F)c2)=C2C(=C1c1cc(F)cc(F)c1)c1ccc(Br)c3cccc2c13. The van der Waals surface area contributed by atoms with Crippen molar-refractivity contribution in [2.45, 2.75) is 118 Å². The fourth-order valence-electron chi connectivity index (χ4n) is 12.8. The maximum atomic E-state index is 14.1. The molecule has 0 unspecified atom stereocenters. The van der Waals surface area contributed by atoms with Crippen molar-refractivity contribution in [3.63, 3.8) is 0 Å². The fraction of sp³-hybridized carbons (Fsp3) is 0.240. The topological polar surface area (TPSA) is 35.5 Å². The minimum atomic E-state index is -0.825. The second-order valence-corrected chi connectivity index (χ2v) is 27.2. The minimum Gasteiger partial charge on any atom is -0.399 e. The summed E-state index contributed by atoms with van der Waals surface area (Å²) in [6.45, 7) is 28.9. The van der Waals surface area contributed by atoms with Crippen LogP contribution in [0.25, 0.3) is 86.9 Å². The van der Waals surface area contributed by atoms with E-state index in [0.29, 0.717) is 17.1 Å². The Balaban J connectivity index is 0.000000129. The maximum absolute atomic E-state index is 14.1. The first kappa shape index (κ1) is 57.0. The van der Waals surface area contributed by atoms with Crippen LogP contribution in [0.5, 0.6) is 0 Å². The van der Waals surface area contributed by atoms with E-state index in [9.17, 15) is 22.4 Å². The predicted octanol–water partition coefficient (Wildman–Crippen LogP) is 20.5. The Morgan fingerprint density at radius 3 is 1.46 bits per heavy atom. The fourth-order valence-corrected chi connectivity index (χ4v) is 13.2. The van der Waals surface area contributed by atoms with Crippen molar-refractivity contribution in [1.82, 2.24) is 0 Å². The van der Waals surface area contributed by atoms with Crippen molar-refractivity contribution >= 4 is 121 Å². The normalized spacial score (nSPS) is 15.6. The van der Waals surface area contributed by atoms with Crippen LogP contribution in [0.2, 0.25) is 0 Å². The lowest BCUT2D eigenvalue weighted by Gasteiger charge is -2.32. The Kier molecular flexibility index (Phi) is 13.8. The lowest BCUT2D eigenvalue weighted by molar-refractivity contribution is -0.108. The number of hydrogen-bond acceptors (Lipinski definition) is 3. The van der Waals surface area contributed by atoms with Gasteiger partial charge in [-0.05, 0) is 196 Å². The number of fused-ring (bicyclic) bond motifs is 6. The minimum absolute atomic E-state index is 0.0701. The Hall–Kier alpha value is -7.43. The highest BCUT2D eigenvalue weighted by atomic mass is 79.9. The summed E-state index contributed by atoms with van der Waals surface area (Å²) < 4.78 is 70.2. The molecule has 9 heteroatoms. The second-order valence-electron chi connectivity index (χ2n) is 26.3. The van der Waals surface area contributed by atoms with E-state index in [1.54, 1.807) is 0 Å². The molecule has 11 aromatic carbocycles. The zero-order valence-electron chi connectivity index (χ0n) is 49.8. The van der Waals surface area contributed by atoms with Crippen LogP contribution in [-0.2, 0) is 24.9 Å². The van der Waals surface area contributed by atoms with E-state index >= 15 is 0 Å². The van der Waals surface area contributed by atoms with Crippen LogP contribution in [-0.4, -0.2) is 24.1 Å². The van der Waals surface area contributed by atoms with Gasteiger partial charge in [0.15, 0.2) is 5.78 Å². The number of Topliss-reactive ketones (excluding diaryl/α,β-unsaturated/α-hetero) is 1. The Labute approximate surface area is 498 Å². The average Bonchev–Trinajstić information content (AvgIpc) is 1.45. The zero-order chi connectivity index (χ0) is 59.9. The van der Waals surface area contributed by atoms with Gasteiger partial charge in [0.25, 0.3) is 0 Å². The molecule has 3 nitrogen and oxygen atoms in total. The van der Waals surface area contributed by atoms with Crippen molar-refractivity contribution < 1.29 is 31.7 Å². The molecule has 1 heterocycles. The molecular weight excluding hydrogens is 1120 g/mol. The van der Waals surface area contributed by atoms with Crippen molar-refractivity contribution in [3.05, 3.63) is 230 Å². The number of halogens is 5. The molecule has 14 rings (SSSR count). The van der Waals surface area contributed by atoms with Crippen molar-refractivity contribution in [3.8, 4) is 0 Å². The molecule has 0 amide bonds. The molecule has 0 spiro atoms. The third-order valence-electron chi connectivity index (χ3n) is 17.8. The highest BCUT2D eigenvalue weighted by molar-refractivity contribution is 9.10. The number of hydrogen-bond donors (Lipinski definition) is 0. The molecular formula is C75H66BBrF4O3. The van der Waals surface area contributed by atoms with E-state index in [1.165, 1.54) is 76.1 Å². The van der Waals surface area contributed by atoms with Gasteiger partial charge in [-0.3, -0.25) is 4.79 Å². The number of carbonyl (C=O) groups is 1. The maximum Gasteiger partial charge on any atom is 0.495 e. The number of allylic oxidation sites excluding steroid dienone is 4. The van der Waals surface area contributed by atoms with E-state index in [2.05, 4.69) is 197 Å². The van der Waals surface area contributed by atoms with Crippen LogP contribution in [0, 0.1) is 30.2 Å². The number of rotatable bonds is 4. The Morgan fingerprint density at radius 2 is 0.917 bits per heavy atom. The standard InChI is InChI=1S/C29H29BO2.C27H11BrF4O.C19H26/c1-17(2)18-13-14-22-23-15-16-25(30-31-28(3,4)29(5,6)32-30)24-12-8-11-21(27(23)24)20-10-7-9-19(18)26(20)22;28-21-5-4-20-24-18(21)2-1-3-19(24)25-22(12-6-14(29)10-15(30)7-12)27(33)23(26(20)25)13-8-16(31)11-17(32)9-13;1-13-10-16(19(5,6)7)12-14-11-15(18(2,3)4)8-9-17(13)14/h7-17H,1-6H3;1-11H;8-12H,1-7H3. The van der Waals surface area contributed by atoms with Gasteiger partial charge in [-0.15, -0.1) is 0 Å². The largest absolute Gasteiger partial charge is 0.495 e. The summed E-state index contributed by atoms with van der Waals surface area (Å²) in [5, 5.41) is 15.0. The van der Waals surface area contributed by atoms with Crippen LogP contribution in [0.3, 0.4) is 0 Å². The van der Waals surface area contributed by atoms with Crippen molar-refractivity contribution in [2.24, 2.45) is 0 Å². The summed E-state index contributed by atoms with van der Waals surface area (Å²) >= 11 is 3.55. The highest BCUT2D eigenvalue weighted by Gasteiger charge is 2.52. The number of carbonyl (C=O) groups excluding carboxylic acids is 1. The summed E-state index contributed by atoms with van der Waals surface area (Å²) in [4.78, 5) is 13.7. The Morgan fingerprint density at radius 1 is 0.464 bits per heavy atom. The molecule has 0 aromatic heterocycles. The molecule has 1 aliphatic heterocycles. The molecule has 0 saturated carbocycles. The van der Waals surface area contributed by atoms with Crippen LogP contribution in [0.15, 0.2) is 162 Å². The van der Waals surface area contributed by atoms with Gasteiger partial charge in [0, 0.05) is 38.9 Å². The van der Waals surface area contributed by atoms with Gasteiger partial charge in [-0.2, -0.15) is 0 Å². The smallest absolute Gasteiger partial charge is 0.399 e. The van der Waals surface area contributed by atoms with Gasteiger partial charge in [0.1, 0.15) is 23.3 Å². The summed E-state index contributed by atoms with van der Waals surface area (Å²) in [5.74, 6) is -3.35. The third kappa shape index (κ3) is 9.55. The molecule has 84 heavy (non-hydrogen) atoms. The third-order valence-corrected chi connectivity index (χ3v) is 18.5. The van der Waals surface area contributed by atoms with Crippen molar-refractivity contribution in [2.75, 3.05) is 0 Å². The van der Waals surface area contributed by atoms with Gasteiger partial charge in [0.05, 0.1) is 11.2 Å². The van der Waals surface area contributed by atoms with Gasteiger partial charge in [-0.25, -0.2) is 17.6 Å². The van der Waals surface area contributed by atoms with E-state index in [4.69, 9.17) is 9.31 Å². The first-order chi connectivity index (χ1) is 39.6. The highest BCUT2D eigenvalue weighted by Crippen LogP contribution is 2.57. The molecule has 0 radical (unpaired) electrons. The number of benzene rings is 11. The first-order valence-electron chi connectivity index (χ1n) is 28.8. The molecule has 0 atom stereocenters. The molecule has 1 fully saturated rings. The summed E-state index contributed by atoms with van der Waals surface area (Å²) in [7, 11) is -0.371. The lowest BCUT2D eigenvalue weighted by atomic mass is 9.74. The molecule has 2 aliphatic carbocycles. The zero-order valence-corrected chi connectivity index (χ0v) is 51.4.